The molecule has 2 aromatic rings. The second-order valence-corrected chi connectivity index (χ2v) is 6.91. The lowest BCUT2D eigenvalue weighted by Gasteiger charge is -2.22. The molecule has 4 nitrogen and oxygen atoms in total. The average molecular weight is 302 g/mol. The lowest BCUT2D eigenvalue weighted by Crippen LogP contribution is -2.36. The van der Waals surface area contributed by atoms with Gasteiger partial charge in [-0.25, -0.2) is 0 Å². The third-order valence-corrected chi connectivity index (χ3v) is 5.52. The van der Waals surface area contributed by atoms with Crippen LogP contribution in [0.4, 0.5) is 0 Å². The first kappa shape index (κ1) is 13.1. The first-order valence-electron chi connectivity index (χ1n) is 7.69. The second-order valence-electron chi connectivity index (χ2n) is 5.90. The molecular formula is C16H18N2O2S. The summed E-state index contributed by atoms with van der Waals surface area (Å²) < 4.78 is 5.48. The van der Waals surface area contributed by atoms with Crippen LogP contribution in [0.2, 0.25) is 0 Å². The maximum atomic E-state index is 12.5. The quantitative estimate of drug-likeness (QED) is 0.922. The number of aryl methyl sites for hydroxylation is 1. The SMILES string of the molecule is O=C(NC1CCCCC1)c1noc2c1CCc1sccc1-2. The molecule has 21 heavy (non-hydrogen) atoms. The Morgan fingerprint density at radius 3 is 3.00 bits per heavy atom. The number of rotatable bonds is 2. The van der Waals surface area contributed by atoms with Crippen molar-refractivity contribution in [3.63, 3.8) is 0 Å². The maximum Gasteiger partial charge on any atom is 0.273 e. The largest absolute Gasteiger partial charge is 0.355 e. The first-order valence-corrected chi connectivity index (χ1v) is 8.57. The summed E-state index contributed by atoms with van der Waals surface area (Å²) in [5.74, 6) is 0.733. The standard InChI is InChI=1S/C16H18N2O2S/c19-16(17-10-4-2-1-3-5-10)14-12-6-7-13-11(8-9-21-13)15(12)20-18-14/h8-10H,1-7H2,(H,17,19). The Balaban J connectivity index is 1.58. The van der Waals surface area contributed by atoms with Gasteiger partial charge in [-0.1, -0.05) is 24.4 Å². The van der Waals surface area contributed by atoms with Gasteiger partial charge < -0.3 is 9.84 Å². The molecule has 0 spiro atoms. The van der Waals surface area contributed by atoms with Gasteiger partial charge >= 0.3 is 0 Å². The summed E-state index contributed by atoms with van der Waals surface area (Å²) in [5, 5.41) is 9.26. The van der Waals surface area contributed by atoms with Crippen LogP contribution in [-0.2, 0) is 12.8 Å². The molecule has 1 N–H and O–H groups in total. The first-order chi connectivity index (χ1) is 10.3. The van der Waals surface area contributed by atoms with E-state index in [-0.39, 0.29) is 5.91 Å². The molecule has 110 valence electrons. The minimum Gasteiger partial charge on any atom is -0.355 e. The van der Waals surface area contributed by atoms with Gasteiger partial charge in [0.1, 0.15) is 0 Å². The molecule has 2 aliphatic rings. The maximum absolute atomic E-state index is 12.5. The molecule has 0 atom stereocenters. The highest BCUT2D eigenvalue weighted by Gasteiger charge is 2.29. The summed E-state index contributed by atoms with van der Waals surface area (Å²) in [6.45, 7) is 0. The molecule has 1 fully saturated rings. The Morgan fingerprint density at radius 1 is 1.29 bits per heavy atom. The number of carbonyl (C=O) groups is 1. The van der Waals surface area contributed by atoms with Crippen molar-refractivity contribution in [3.05, 3.63) is 27.6 Å². The molecule has 2 aliphatic carbocycles. The molecule has 1 saturated carbocycles. The fourth-order valence-electron chi connectivity index (χ4n) is 3.41. The van der Waals surface area contributed by atoms with Crippen LogP contribution >= 0.6 is 11.3 Å². The van der Waals surface area contributed by atoms with E-state index >= 15 is 0 Å². The smallest absolute Gasteiger partial charge is 0.273 e. The minimum atomic E-state index is -0.0643. The third-order valence-electron chi connectivity index (χ3n) is 4.54. The highest BCUT2D eigenvalue weighted by molar-refractivity contribution is 7.10. The van der Waals surface area contributed by atoms with Gasteiger partial charge in [0.15, 0.2) is 11.5 Å². The zero-order valence-electron chi connectivity index (χ0n) is 11.9. The van der Waals surface area contributed by atoms with E-state index in [4.69, 9.17) is 4.52 Å². The van der Waals surface area contributed by atoms with Gasteiger partial charge in [0.05, 0.1) is 0 Å². The zero-order valence-corrected chi connectivity index (χ0v) is 12.7. The normalized spacial score (nSPS) is 18.1. The van der Waals surface area contributed by atoms with Crippen LogP contribution in [0.3, 0.4) is 0 Å². The number of hydrogen-bond donors (Lipinski definition) is 1. The molecule has 1 amide bonds. The van der Waals surface area contributed by atoms with Crippen molar-refractivity contribution in [2.45, 2.75) is 51.0 Å². The van der Waals surface area contributed by atoms with Gasteiger partial charge in [-0.15, -0.1) is 11.3 Å². The molecule has 0 aliphatic heterocycles. The fourth-order valence-corrected chi connectivity index (χ4v) is 4.28. The second kappa shape index (κ2) is 5.30. The summed E-state index contributed by atoms with van der Waals surface area (Å²) in [7, 11) is 0. The number of thiophene rings is 1. The van der Waals surface area contributed by atoms with E-state index in [0.717, 1.165) is 42.6 Å². The highest BCUT2D eigenvalue weighted by atomic mass is 32.1. The molecule has 0 aromatic carbocycles. The van der Waals surface area contributed by atoms with Crippen molar-refractivity contribution in [2.75, 3.05) is 0 Å². The number of nitrogens with zero attached hydrogens (tertiary/aromatic N) is 1. The number of hydrogen-bond acceptors (Lipinski definition) is 4. The average Bonchev–Trinajstić information content (AvgIpc) is 3.14. The molecule has 4 rings (SSSR count). The summed E-state index contributed by atoms with van der Waals surface area (Å²) >= 11 is 1.75. The summed E-state index contributed by atoms with van der Waals surface area (Å²) in [6.07, 6.45) is 7.69. The fraction of sp³-hybridized carbons (Fsp3) is 0.500. The van der Waals surface area contributed by atoms with Gasteiger partial charge in [0.25, 0.3) is 5.91 Å². The van der Waals surface area contributed by atoms with Gasteiger partial charge in [-0.3, -0.25) is 4.79 Å². The van der Waals surface area contributed by atoms with Crippen LogP contribution in [0.1, 0.15) is 53.0 Å². The molecule has 2 heterocycles. The van der Waals surface area contributed by atoms with Crippen molar-refractivity contribution in [1.29, 1.82) is 0 Å². The van der Waals surface area contributed by atoms with E-state index in [0.29, 0.717) is 11.7 Å². The zero-order chi connectivity index (χ0) is 14.2. The Hall–Kier alpha value is -1.62. The molecule has 0 bridgehead atoms. The van der Waals surface area contributed by atoms with Crippen molar-refractivity contribution >= 4 is 17.2 Å². The number of amides is 1. The van der Waals surface area contributed by atoms with Crippen LogP contribution in [0, 0.1) is 0 Å². The van der Waals surface area contributed by atoms with Gasteiger partial charge in [0.2, 0.25) is 0 Å². The van der Waals surface area contributed by atoms with E-state index in [1.54, 1.807) is 11.3 Å². The van der Waals surface area contributed by atoms with Crippen molar-refractivity contribution in [1.82, 2.24) is 10.5 Å². The van der Waals surface area contributed by atoms with E-state index in [1.807, 2.05) is 0 Å². The number of aromatic nitrogens is 1. The Bertz CT molecular complexity index is 668. The lowest BCUT2D eigenvalue weighted by atomic mass is 9.94. The van der Waals surface area contributed by atoms with Crippen LogP contribution in [0.15, 0.2) is 16.0 Å². The van der Waals surface area contributed by atoms with E-state index in [1.165, 1.54) is 24.1 Å². The number of carbonyl (C=O) groups excluding carboxylic acids is 1. The van der Waals surface area contributed by atoms with Crippen LogP contribution in [-0.4, -0.2) is 17.1 Å². The van der Waals surface area contributed by atoms with Gasteiger partial charge in [-0.05, 0) is 37.1 Å². The number of nitrogens with one attached hydrogen (secondary N) is 1. The van der Waals surface area contributed by atoms with Crippen molar-refractivity contribution < 1.29 is 9.32 Å². The predicted molar refractivity (Wildman–Crippen MR) is 81.6 cm³/mol. The minimum absolute atomic E-state index is 0.0643. The Morgan fingerprint density at radius 2 is 2.14 bits per heavy atom. The van der Waals surface area contributed by atoms with E-state index in [9.17, 15) is 4.79 Å². The summed E-state index contributed by atoms with van der Waals surface area (Å²) in [4.78, 5) is 13.8. The molecule has 0 radical (unpaired) electrons. The van der Waals surface area contributed by atoms with Crippen LogP contribution in [0.5, 0.6) is 0 Å². The summed E-state index contributed by atoms with van der Waals surface area (Å²) in [6, 6.07) is 2.37. The molecule has 0 unspecified atom stereocenters. The summed E-state index contributed by atoms with van der Waals surface area (Å²) in [5.41, 5.74) is 2.59. The molecule has 0 saturated heterocycles. The van der Waals surface area contributed by atoms with Crippen molar-refractivity contribution in [3.8, 4) is 11.3 Å². The van der Waals surface area contributed by atoms with Gasteiger partial charge in [0, 0.05) is 22.0 Å². The van der Waals surface area contributed by atoms with Crippen molar-refractivity contribution in [2.24, 2.45) is 0 Å². The van der Waals surface area contributed by atoms with E-state index in [2.05, 4.69) is 21.9 Å². The lowest BCUT2D eigenvalue weighted by molar-refractivity contribution is 0.0918. The monoisotopic (exact) mass is 302 g/mol. The predicted octanol–water partition coefficient (Wildman–Crippen LogP) is 3.56. The highest BCUT2D eigenvalue weighted by Crippen LogP contribution is 2.38. The van der Waals surface area contributed by atoms with Crippen LogP contribution < -0.4 is 5.32 Å². The Labute approximate surface area is 127 Å². The molecular weight excluding hydrogens is 284 g/mol. The third kappa shape index (κ3) is 2.29. The van der Waals surface area contributed by atoms with Crippen LogP contribution in [0.25, 0.3) is 11.3 Å². The van der Waals surface area contributed by atoms with Gasteiger partial charge in [-0.2, -0.15) is 0 Å². The topological polar surface area (TPSA) is 55.1 Å². The Kier molecular flexibility index (Phi) is 3.30. The molecule has 2 aromatic heterocycles. The number of fused-ring (bicyclic) bond motifs is 3. The van der Waals surface area contributed by atoms with E-state index < -0.39 is 0 Å². The molecule has 5 heteroatoms.